The second-order valence-corrected chi connectivity index (χ2v) is 8.61. The summed E-state index contributed by atoms with van der Waals surface area (Å²) in [5.41, 5.74) is 5.41. The van der Waals surface area contributed by atoms with E-state index in [0.717, 1.165) is 22.3 Å². The van der Waals surface area contributed by atoms with E-state index in [1.54, 1.807) is 13.2 Å². The van der Waals surface area contributed by atoms with Gasteiger partial charge in [0.2, 0.25) is 11.7 Å². The number of allylic oxidation sites excluding steroid dienone is 3. The zero-order valence-corrected chi connectivity index (χ0v) is 20.9. The Morgan fingerprint density at radius 3 is 2.68 bits per heavy atom. The van der Waals surface area contributed by atoms with E-state index < -0.39 is 24.0 Å². The van der Waals surface area contributed by atoms with Gasteiger partial charge in [-0.25, -0.2) is 4.39 Å². The van der Waals surface area contributed by atoms with Crippen molar-refractivity contribution in [2.24, 2.45) is 5.92 Å². The van der Waals surface area contributed by atoms with Crippen molar-refractivity contribution < 1.29 is 28.0 Å². The Bertz CT molecular complexity index is 1350. The number of esters is 1. The summed E-state index contributed by atoms with van der Waals surface area (Å²) in [6.07, 6.45) is 2.77. The Morgan fingerprint density at radius 1 is 1.14 bits per heavy atom. The molecule has 0 saturated carbocycles. The van der Waals surface area contributed by atoms with Crippen LogP contribution in [-0.2, 0) is 25.7 Å². The number of aryl methyl sites for hydroxylation is 1. The van der Waals surface area contributed by atoms with Crippen LogP contribution in [0.25, 0.3) is 28.2 Å². The van der Waals surface area contributed by atoms with Gasteiger partial charge in [-0.05, 0) is 47.4 Å². The van der Waals surface area contributed by atoms with Gasteiger partial charge in [-0.3, -0.25) is 9.59 Å². The largest absolute Gasteiger partial charge is 0.469 e. The zero-order chi connectivity index (χ0) is 26.4. The van der Waals surface area contributed by atoms with Gasteiger partial charge in [0, 0.05) is 24.8 Å². The van der Waals surface area contributed by atoms with Gasteiger partial charge in [-0.1, -0.05) is 47.6 Å². The van der Waals surface area contributed by atoms with Crippen LogP contribution in [0.1, 0.15) is 23.4 Å². The first kappa shape index (κ1) is 26.0. The SMILES string of the molecule is COCc1cc(-c2nc(C3=CC(F)C(C(=O)NCCC(=O)OC)C=C3)no2)ccc1-c1ccccc1C. The minimum Gasteiger partial charge on any atom is -0.469 e. The molecule has 192 valence electrons. The fourth-order valence-electron chi connectivity index (χ4n) is 4.13. The molecule has 1 aliphatic carbocycles. The maximum atomic E-state index is 14.8. The standard InChI is InChI=1S/C28H28FN3O5/c1-17-6-4-5-7-21(17)22-10-9-19(14-20(22)16-35-2)28-31-26(32-37-28)18-8-11-23(24(29)15-18)27(34)30-13-12-25(33)36-3/h4-11,14-15,23-24H,12-13,16H2,1-3H3,(H,30,34). The molecule has 0 radical (unpaired) electrons. The number of ether oxygens (including phenoxy) is 2. The lowest BCUT2D eigenvalue weighted by Gasteiger charge is -2.18. The molecule has 0 aliphatic heterocycles. The second-order valence-electron chi connectivity index (χ2n) is 8.61. The first-order valence-electron chi connectivity index (χ1n) is 11.8. The number of hydrogen-bond acceptors (Lipinski definition) is 7. The molecule has 2 atom stereocenters. The van der Waals surface area contributed by atoms with Gasteiger partial charge in [0.05, 0.1) is 26.1 Å². The van der Waals surface area contributed by atoms with Gasteiger partial charge in [0.25, 0.3) is 5.89 Å². The van der Waals surface area contributed by atoms with Crippen molar-refractivity contribution in [3.05, 3.63) is 77.6 Å². The molecule has 2 aromatic carbocycles. The number of carbonyl (C=O) groups excluding carboxylic acids is 2. The van der Waals surface area contributed by atoms with Gasteiger partial charge in [-0.15, -0.1) is 0 Å². The summed E-state index contributed by atoms with van der Waals surface area (Å²) in [6, 6.07) is 14.0. The molecule has 0 fully saturated rings. The van der Waals surface area contributed by atoms with Crippen LogP contribution >= 0.6 is 0 Å². The third-order valence-electron chi connectivity index (χ3n) is 6.10. The molecule has 0 spiro atoms. The van der Waals surface area contributed by atoms with Crippen molar-refractivity contribution in [3.63, 3.8) is 0 Å². The minimum atomic E-state index is -1.58. The number of methoxy groups -OCH3 is 2. The Hall–Kier alpha value is -4.11. The molecule has 8 nitrogen and oxygen atoms in total. The number of hydrogen-bond donors (Lipinski definition) is 1. The smallest absolute Gasteiger partial charge is 0.307 e. The van der Waals surface area contributed by atoms with Gasteiger partial charge in [0.15, 0.2) is 0 Å². The van der Waals surface area contributed by atoms with Crippen molar-refractivity contribution in [3.8, 4) is 22.6 Å². The molecular formula is C28H28FN3O5. The van der Waals surface area contributed by atoms with E-state index in [4.69, 9.17) is 9.26 Å². The van der Waals surface area contributed by atoms with Crippen molar-refractivity contribution in [1.82, 2.24) is 15.5 Å². The van der Waals surface area contributed by atoms with Crippen LogP contribution in [0.2, 0.25) is 0 Å². The van der Waals surface area contributed by atoms with Crippen LogP contribution in [0.3, 0.4) is 0 Å². The topological polar surface area (TPSA) is 104 Å². The summed E-state index contributed by atoms with van der Waals surface area (Å²) in [5, 5.41) is 6.56. The quantitative estimate of drug-likeness (QED) is 0.429. The summed E-state index contributed by atoms with van der Waals surface area (Å²) in [6.45, 7) is 2.53. The van der Waals surface area contributed by atoms with Gasteiger partial charge >= 0.3 is 5.97 Å². The Kier molecular flexibility index (Phi) is 8.25. The van der Waals surface area contributed by atoms with E-state index in [2.05, 4.69) is 39.3 Å². The Balaban J connectivity index is 1.50. The maximum absolute atomic E-state index is 14.8. The molecule has 1 aromatic heterocycles. The fraction of sp³-hybridized carbons (Fsp3) is 0.286. The molecule has 37 heavy (non-hydrogen) atoms. The molecule has 2 unspecified atom stereocenters. The minimum absolute atomic E-state index is 0.0143. The lowest BCUT2D eigenvalue weighted by atomic mass is 9.93. The average Bonchev–Trinajstić information content (AvgIpc) is 3.39. The monoisotopic (exact) mass is 505 g/mol. The molecule has 1 heterocycles. The van der Waals surface area contributed by atoms with Gasteiger partial charge in [-0.2, -0.15) is 4.98 Å². The molecule has 0 saturated heterocycles. The van der Waals surface area contributed by atoms with Gasteiger partial charge < -0.3 is 19.3 Å². The first-order valence-corrected chi connectivity index (χ1v) is 11.8. The number of nitrogens with one attached hydrogen (secondary N) is 1. The van der Waals surface area contributed by atoms with Crippen LogP contribution < -0.4 is 5.32 Å². The fourth-order valence-corrected chi connectivity index (χ4v) is 4.13. The van der Waals surface area contributed by atoms with Crippen molar-refractivity contribution in [1.29, 1.82) is 0 Å². The number of rotatable bonds is 9. The molecule has 1 amide bonds. The van der Waals surface area contributed by atoms with Crippen molar-refractivity contribution >= 4 is 17.4 Å². The molecule has 1 N–H and O–H groups in total. The van der Waals surface area contributed by atoms with Gasteiger partial charge in [0.1, 0.15) is 6.17 Å². The van der Waals surface area contributed by atoms with Crippen LogP contribution in [0, 0.1) is 12.8 Å². The summed E-state index contributed by atoms with van der Waals surface area (Å²) in [5.74, 6) is -1.48. The third-order valence-corrected chi connectivity index (χ3v) is 6.10. The molecule has 0 bridgehead atoms. The van der Waals surface area contributed by atoms with Crippen molar-refractivity contribution in [2.75, 3.05) is 20.8 Å². The van der Waals surface area contributed by atoms with Crippen LogP contribution in [-0.4, -0.2) is 49.0 Å². The number of benzene rings is 2. The highest BCUT2D eigenvalue weighted by molar-refractivity contribution is 5.85. The number of carbonyl (C=O) groups is 2. The molecule has 9 heteroatoms. The van der Waals surface area contributed by atoms with E-state index in [1.165, 1.54) is 19.3 Å². The third kappa shape index (κ3) is 6.00. The summed E-state index contributed by atoms with van der Waals surface area (Å²) in [4.78, 5) is 27.9. The van der Waals surface area contributed by atoms with E-state index in [1.807, 2.05) is 30.3 Å². The number of halogens is 1. The molecule has 1 aliphatic rings. The molecular weight excluding hydrogens is 477 g/mol. The summed E-state index contributed by atoms with van der Waals surface area (Å²) < 4.78 is 30.2. The van der Waals surface area contributed by atoms with Crippen LogP contribution in [0.4, 0.5) is 4.39 Å². The van der Waals surface area contributed by atoms with E-state index in [9.17, 15) is 14.0 Å². The molecule has 3 aromatic rings. The average molecular weight is 506 g/mol. The van der Waals surface area contributed by atoms with Crippen LogP contribution in [0.15, 0.2) is 65.2 Å². The lowest BCUT2D eigenvalue weighted by molar-refractivity contribution is -0.140. The lowest BCUT2D eigenvalue weighted by Crippen LogP contribution is -2.36. The predicted octanol–water partition coefficient (Wildman–Crippen LogP) is 4.45. The molecule has 4 rings (SSSR count). The number of aromatic nitrogens is 2. The summed E-state index contributed by atoms with van der Waals surface area (Å²) >= 11 is 0. The van der Waals surface area contributed by atoms with E-state index in [0.29, 0.717) is 17.7 Å². The van der Waals surface area contributed by atoms with E-state index >= 15 is 0 Å². The predicted molar refractivity (Wildman–Crippen MR) is 136 cm³/mol. The second kappa shape index (κ2) is 11.7. The highest BCUT2D eigenvalue weighted by Gasteiger charge is 2.28. The zero-order valence-electron chi connectivity index (χ0n) is 20.9. The van der Waals surface area contributed by atoms with Crippen LogP contribution in [0.5, 0.6) is 0 Å². The number of alkyl halides is 1. The Morgan fingerprint density at radius 2 is 1.95 bits per heavy atom. The normalized spacial score (nSPS) is 16.8. The maximum Gasteiger partial charge on any atom is 0.307 e. The highest BCUT2D eigenvalue weighted by atomic mass is 19.1. The first-order chi connectivity index (χ1) is 17.9. The number of amides is 1. The highest BCUT2D eigenvalue weighted by Crippen LogP contribution is 2.32. The van der Waals surface area contributed by atoms with E-state index in [-0.39, 0.29) is 24.7 Å². The number of nitrogens with zero attached hydrogens (tertiary/aromatic N) is 2. The van der Waals surface area contributed by atoms with Crippen molar-refractivity contribution in [2.45, 2.75) is 26.1 Å². The summed E-state index contributed by atoms with van der Waals surface area (Å²) in [7, 11) is 2.90. The Labute approximate surface area is 214 Å².